The molecule has 0 unspecified atom stereocenters. The summed E-state index contributed by atoms with van der Waals surface area (Å²) in [7, 11) is -3.10. The highest BCUT2D eigenvalue weighted by Crippen LogP contribution is 2.40. The van der Waals surface area contributed by atoms with E-state index in [4.69, 9.17) is 9.26 Å². The molecule has 3 fully saturated rings. The molecular weight excluding hydrogens is 294 g/mol. The van der Waals surface area contributed by atoms with Gasteiger partial charge in [-0.2, -0.15) is 9.29 Å². The number of aromatic nitrogens is 2. The lowest BCUT2D eigenvalue weighted by molar-refractivity contribution is 0.103. The second-order valence-corrected chi connectivity index (χ2v) is 8.51. The first-order valence-corrected chi connectivity index (χ1v) is 8.94. The van der Waals surface area contributed by atoms with E-state index in [0.29, 0.717) is 37.8 Å². The number of hydrogen-bond acceptors (Lipinski definition) is 6. The highest BCUT2D eigenvalue weighted by molar-refractivity contribution is 7.90. The van der Waals surface area contributed by atoms with Crippen LogP contribution in [0.25, 0.3) is 0 Å². The van der Waals surface area contributed by atoms with E-state index in [9.17, 15) is 8.42 Å². The average molecular weight is 313 g/mol. The fourth-order valence-corrected chi connectivity index (χ4v) is 5.29. The molecule has 1 saturated carbocycles. The standard InChI is InChI=1S/C13H19N3O4S/c1-8-14-13(20-15-8)4-9-7-19-12-6-16(5-11(9)12)21(17,18)10-2-3-10/h9-12H,2-7H2,1H3/t9-,11-,12-/m1/s1. The highest BCUT2D eigenvalue weighted by atomic mass is 32.2. The Hall–Kier alpha value is -0.990. The van der Waals surface area contributed by atoms with E-state index in [1.165, 1.54) is 0 Å². The van der Waals surface area contributed by atoms with E-state index in [1.54, 1.807) is 11.2 Å². The van der Waals surface area contributed by atoms with Gasteiger partial charge < -0.3 is 9.26 Å². The minimum atomic E-state index is -3.10. The minimum Gasteiger partial charge on any atom is -0.376 e. The van der Waals surface area contributed by atoms with Crippen molar-refractivity contribution in [3.63, 3.8) is 0 Å². The molecule has 1 aromatic heterocycles. The summed E-state index contributed by atoms with van der Waals surface area (Å²) in [5.41, 5.74) is 0. The van der Waals surface area contributed by atoms with Crippen molar-refractivity contribution in [2.75, 3.05) is 19.7 Å². The van der Waals surface area contributed by atoms with Crippen molar-refractivity contribution in [3.05, 3.63) is 11.7 Å². The van der Waals surface area contributed by atoms with Gasteiger partial charge in [0.05, 0.1) is 18.0 Å². The summed E-state index contributed by atoms with van der Waals surface area (Å²) in [5, 5.41) is 3.65. The molecule has 3 atom stereocenters. The van der Waals surface area contributed by atoms with Gasteiger partial charge in [0, 0.05) is 25.4 Å². The Labute approximate surface area is 123 Å². The Morgan fingerprint density at radius 3 is 2.81 bits per heavy atom. The lowest BCUT2D eigenvalue weighted by atomic mass is 9.90. The zero-order chi connectivity index (χ0) is 14.6. The van der Waals surface area contributed by atoms with Gasteiger partial charge in [-0.05, 0) is 25.7 Å². The lowest BCUT2D eigenvalue weighted by Crippen LogP contribution is -2.34. The molecule has 3 heterocycles. The normalized spacial score (nSPS) is 33.5. The number of hydrogen-bond donors (Lipinski definition) is 0. The zero-order valence-electron chi connectivity index (χ0n) is 11.9. The van der Waals surface area contributed by atoms with Crippen LogP contribution in [0.3, 0.4) is 0 Å². The second-order valence-electron chi connectivity index (χ2n) is 6.30. The van der Waals surface area contributed by atoms with Gasteiger partial charge in [0.15, 0.2) is 5.82 Å². The van der Waals surface area contributed by atoms with Crippen molar-refractivity contribution < 1.29 is 17.7 Å². The van der Waals surface area contributed by atoms with Crippen molar-refractivity contribution in [1.29, 1.82) is 0 Å². The molecule has 0 bridgehead atoms. The molecular formula is C13H19N3O4S. The van der Waals surface area contributed by atoms with Crippen LogP contribution < -0.4 is 0 Å². The highest BCUT2D eigenvalue weighted by Gasteiger charge is 2.50. The summed E-state index contributed by atoms with van der Waals surface area (Å²) >= 11 is 0. The molecule has 1 aromatic rings. The van der Waals surface area contributed by atoms with Gasteiger partial charge in [-0.25, -0.2) is 8.42 Å². The number of sulfonamides is 1. The van der Waals surface area contributed by atoms with Gasteiger partial charge >= 0.3 is 0 Å². The Bertz CT molecular complexity index is 640. The maximum atomic E-state index is 12.3. The van der Waals surface area contributed by atoms with Crippen LogP contribution >= 0.6 is 0 Å². The van der Waals surface area contributed by atoms with E-state index in [1.807, 2.05) is 0 Å². The van der Waals surface area contributed by atoms with Crippen LogP contribution in [0.15, 0.2) is 4.52 Å². The van der Waals surface area contributed by atoms with Crippen LogP contribution in [0.4, 0.5) is 0 Å². The van der Waals surface area contributed by atoms with Crippen LogP contribution in [-0.4, -0.2) is 53.9 Å². The van der Waals surface area contributed by atoms with Crippen molar-refractivity contribution in [3.8, 4) is 0 Å². The summed E-state index contributed by atoms with van der Waals surface area (Å²) in [6.07, 6.45) is 2.30. The average Bonchev–Trinajstić information content (AvgIpc) is 2.94. The first-order chi connectivity index (χ1) is 10.0. The first-order valence-electron chi connectivity index (χ1n) is 7.44. The fraction of sp³-hybridized carbons (Fsp3) is 0.846. The smallest absolute Gasteiger partial charge is 0.227 e. The van der Waals surface area contributed by atoms with E-state index in [-0.39, 0.29) is 23.2 Å². The SMILES string of the molecule is Cc1noc(C[C@@H]2CO[C@@H]3CN(S(=O)(=O)C4CC4)C[C@H]23)n1. The van der Waals surface area contributed by atoms with Gasteiger partial charge in [0.1, 0.15) is 0 Å². The predicted octanol–water partition coefficient (Wildman–Crippen LogP) is 0.360. The molecule has 2 aliphatic heterocycles. The zero-order valence-corrected chi connectivity index (χ0v) is 12.8. The molecule has 116 valence electrons. The van der Waals surface area contributed by atoms with Crippen LogP contribution in [-0.2, 0) is 21.2 Å². The summed E-state index contributed by atoms with van der Waals surface area (Å²) in [4.78, 5) is 4.23. The number of ether oxygens (including phenoxy) is 1. The van der Waals surface area contributed by atoms with Crippen LogP contribution in [0.1, 0.15) is 24.6 Å². The Balaban J connectivity index is 1.46. The molecule has 1 aliphatic carbocycles. The third kappa shape index (κ3) is 2.39. The maximum absolute atomic E-state index is 12.3. The molecule has 8 heteroatoms. The van der Waals surface area contributed by atoms with Crippen LogP contribution in [0.2, 0.25) is 0 Å². The first kappa shape index (κ1) is 13.7. The number of aryl methyl sites for hydroxylation is 1. The summed E-state index contributed by atoms with van der Waals surface area (Å²) in [6.45, 7) is 3.51. The molecule has 0 spiro atoms. The van der Waals surface area contributed by atoms with E-state index >= 15 is 0 Å². The van der Waals surface area contributed by atoms with Crippen molar-refractivity contribution in [2.24, 2.45) is 11.8 Å². The Morgan fingerprint density at radius 1 is 1.33 bits per heavy atom. The van der Waals surface area contributed by atoms with Gasteiger partial charge in [0.2, 0.25) is 15.9 Å². The topological polar surface area (TPSA) is 85.5 Å². The van der Waals surface area contributed by atoms with E-state index < -0.39 is 10.0 Å². The van der Waals surface area contributed by atoms with E-state index in [2.05, 4.69) is 10.1 Å². The van der Waals surface area contributed by atoms with Crippen LogP contribution in [0, 0.1) is 18.8 Å². The lowest BCUT2D eigenvalue weighted by Gasteiger charge is -2.18. The number of nitrogens with zero attached hydrogens (tertiary/aromatic N) is 3. The molecule has 0 N–H and O–H groups in total. The molecule has 21 heavy (non-hydrogen) atoms. The molecule has 0 aromatic carbocycles. The largest absolute Gasteiger partial charge is 0.376 e. The summed E-state index contributed by atoms with van der Waals surface area (Å²) in [6, 6.07) is 0. The third-order valence-electron chi connectivity index (χ3n) is 4.72. The van der Waals surface area contributed by atoms with Gasteiger partial charge in [-0.1, -0.05) is 5.16 Å². The quantitative estimate of drug-likeness (QED) is 0.798. The van der Waals surface area contributed by atoms with Crippen molar-refractivity contribution in [1.82, 2.24) is 14.4 Å². The number of fused-ring (bicyclic) bond motifs is 1. The third-order valence-corrected chi connectivity index (χ3v) is 7.05. The predicted molar refractivity (Wildman–Crippen MR) is 73.0 cm³/mol. The van der Waals surface area contributed by atoms with Gasteiger partial charge in [-0.3, -0.25) is 0 Å². The maximum Gasteiger partial charge on any atom is 0.227 e. The molecule has 4 rings (SSSR count). The Morgan fingerprint density at radius 2 is 2.14 bits per heavy atom. The molecule has 7 nitrogen and oxygen atoms in total. The van der Waals surface area contributed by atoms with E-state index in [0.717, 1.165) is 12.8 Å². The summed E-state index contributed by atoms with van der Waals surface area (Å²) < 4.78 is 37.2. The number of rotatable bonds is 4. The van der Waals surface area contributed by atoms with Crippen molar-refractivity contribution >= 4 is 10.0 Å². The van der Waals surface area contributed by atoms with Gasteiger partial charge in [-0.15, -0.1) is 0 Å². The monoisotopic (exact) mass is 313 g/mol. The molecule has 0 amide bonds. The van der Waals surface area contributed by atoms with Gasteiger partial charge in [0.25, 0.3) is 0 Å². The molecule has 2 saturated heterocycles. The summed E-state index contributed by atoms with van der Waals surface area (Å²) in [5.74, 6) is 1.75. The second kappa shape index (κ2) is 4.76. The van der Waals surface area contributed by atoms with Crippen LogP contribution in [0.5, 0.6) is 0 Å². The minimum absolute atomic E-state index is 0.0209. The van der Waals surface area contributed by atoms with Crippen molar-refractivity contribution in [2.45, 2.75) is 37.5 Å². The Kier molecular flexibility index (Phi) is 3.09. The molecule has 0 radical (unpaired) electrons. The fourth-order valence-electron chi connectivity index (χ4n) is 3.41. The molecule has 3 aliphatic rings.